The zero-order valence-electron chi connectivity index (χ0n) is 17.0. The van der Waals surface area contributed by atoms with E-state index in [0.29, 0.717) is 17.0 Å². The molecule has 0 aromatic heterocycles. The maximum Gasteiger partial charge on any atom is 0.311 e. The second kappa shape index (κ2) is 9.24. The molecule has 0 unspecified atom stereocenters. The molecule has 162 valence electrons. The van der Waals surface area contributed by atoms with Crippen molar-refractivity contribution in [2.24, 2.45) is 5.92 Å². The van der Waals surface area contributed by atoms with Crippen LogP contribution in [0, 0.1) is 23.0 Å². The monoisotopic (exact) mass is 427 g/mol. The molecule has 0 aliphatic carbocycles. The molecule has 3 rings (SSSR count). The van der Waals surface area contributed by atoms with Gasteiger partial charge in [0.2, 0.25) is 5.91 Å². The maximum absolute atomic E-state index is 12.3. The summed E-state index contributed by atoms with van der Waals surface area (Å²) in [6, 6.07) is 11.1. The molecule has 1 atom stereocenters. The first-order valence-corrected chi connectivity index (χ1v) is 9.44. The fourth-order valence-corrected chi connectivity index (χ4v) is 3.21. The van der Waals surface area contributed by atoms with Gasteiger partial charge in [-0.2, -0.15) is 0 Å². The summed E-state index contributed by atoms with van der Waals surface area (Å²) in [4.78, 5) is 48.6. The summed E-state index contributed by atoms with van der Waals surface area (Å²) in [5.74, 6) is -1.56. The van der Waals surface area contributed by atoms with Gasteiger partial charge in [0.1, 0.15) is 5.75 Å². The van der Waals surface area contributed by atoms with Crippen LogP contribution in [0.4, 0.5) is 17.1 Å². The molecule has 10 heteroatoms. The number of nitro benzene ring substituents is 1. The summed E-state index contributed by atoms with van der Waals surface area (Å²) < 4.78 is 10.1. The Morgan fingerprint density at radius 1 is 1.23 bits per heavy atom. The molecule has 1 heterocycles. The Bertz CT molecular complexity index is 1020. The summed E-state index contributed by atoms with van der Waals surface area (Å²) in [6.07, 6.45) is -0.0172. The van der Waals surface area contributed by atoms with E-state index in [1.165, 1.54) is 30.2 Å². The lowest BCUT2D eigenvalue weighted by Crippen LogP contribution is -2.28. The van der Waals surface area contributed by atoms with Crippen molar-refractivity contribution in [2.45, 2.75) is 13.3 Å². The van der Waals surface area contributed by atoms with Crippen LogP contribution in [0.2, 0.25) is 0 Å². The third kappa shape index (κ3) is 5.16. The van der Waals surface area contributed by atoms with Crippen LogP contribution in [-0.2, 0) is 19.1 Å². The van der Waals surface area contributed by atoms with Crippen LogP contribution in [0.1, 0.15) is 12.0 Å². The Balaban J connectivity index is 1.53. The number of carbonyl (C=O) groups is 3. The lowest BCUT2D eigenvalue weighted by Gasteiger charge is -2.16. The van der Waals surface area contributed by atoms with Crippen molar-refractivity contribution < 1.29 is 28.8 Å². The van der Waals surface area contributed by atoms with Crippen molar-refractivity contribution >= 4 is 34.8 Å². The average Bonchev–Trinajstić information content (AvgIpc) is 3.15. The van der Waals surface area contributed by atoms with Gasteiger partial charge < -0.3 is 19.7 Å². The van der Waals surface area contributed by atoms with Gasteiger partial charge in [0.15, 0.2) is 6.61 Å². The fraction of sp³-hybridized carbons (Fsp3) is 0.286. The van der Waals surface area contributed by atoms with E-state index in [4.69, 9.17) is 9.47 Å². The van der Waals surface area contributed by atoms with Crippen molar-refractivity contribution in [3.8, 4) is 5.75 Å². The molecule has 2 aromatic carbocycles. The Morgan fingerprint density at radius 2 is 1.94 bits per heavy atom. The molecule has 0 saturated carbocycles. The first-order chi connectivity index (χ1) is 14.8. The Hall–Kier alpha value is -3.95. The maximum atomic E-state index is 12.3. The van der Waals surface area contributed by atoms with E-state index >= 15 is 0 Å². The zero-order chi connectivity index (χ0) is 22.5. The van der Waals surface area contributed by atoms with E-state index in [1.807, 2.05) is 0 Å². The third-order valence-corrected chi connectivity index (χ3v) is 4.88. The van der Waals surface area contributed by atoms with Crippen LogP contribution < -0.4 is 15.0 Å². The Labute approximate surface area is 177 Å². The van der Waals surface area contributed by atoms with Gasteiger partial charge >= 0.3 is 5.97 Å². The molecule has 0 radical (unpaired) electrons. The van der Waals surface area contributed by atoms with Gasteiger partial charge in [-0.15, -0.1) is 0 Å². The molecule has 2 amide bonds. The quantitative estimate of drug-likeness (QED) is 0.408. The van der Waals surface area contributed by atoms with Crippen molar-refractivity contribution in [1.82, 2.24) is 0 Å². The largest absolute Gasteiger partial charge is 0.497 e. The van der Waals surface area contributed by atoms with Gasteiger partial charge in [-0.1, -0.05) is 6.07 Å². The summed E-state index contributed by atoms with van der Waals surface area (Å²) in [7, 11) is 1.54. The molecule has 1 saturated heterocycles. The molecule has 10 nitrogen and oxygen atoms in total. The number of nitrogens with zero attached hydrogens (tertiary/aromatic N) is 2. The molecule has 0 spiro atoms. The number of anilines is 2. The second-order valence-electron chi connectivity index (χ2n) is 7.02. The van der Waals surface area contributed by atoms with E-state index in [1.54, 1.807) is 31.2 Å². The van der Waals surface area contributed by atoms with Gasteiger partial charge in [-0.25, -0.2) is 0 Å². The van der Waals surface area contributed by atoms with E-state index in [0.717, 1.165) is 0 Å². The lowest BCUT2D eigenvalue weighted by molar-refractivity contribution is -0.385. The average molecular weight is 427 g/mol. The van der Waals surface area contributed by atoms with Gasteiger partial charge in [0.25, 0.3) is 11.6 Å². The highest BCUT2D eigenvalue weighted by atomic mass is 16.6. The molecule has 1 fully saturated rings. The Kier molecular flexibility index (Phi) is 6.49. The molecule has 1 aliphatic rings. The number of rotatable bonds is 7. The minimum absolute atomic E-state index is 0.0172. The number of methoxy groups -OCH3 is 1. The van der Waals surface area contributed by atoms with Crippen LogP contribution in [0.3, 0.4) is 0 Å². The molecule has 1 aliphatic heterocycles. The highest BCUT2D eigenvalue weighted by Crippen LogP contribution is 2.27. The first kappa shape index (κ1) is 21.8. The second-order valence-corrected chi connectivity index (χ2v) is 7.02. The summed E-state index contributed by atoms with van der Waals surface area (Å²) in [5.41, 5.74) is 1.19. The number of carbonyl (C=O) groups excluding carboxylic acids is 3. The minimum atomic E-state index is -0.692. The van der Waals surface area contributed by atoms with Gasteiger partial charge in [-0.3, -0.25) is 24.5 Å². The number of esters is 1. The highest BCUT2D eigenvalue weighted by Gasteiger charge is 2.36. The number of ether oxygens (including phenoxy) is 2. The number of hydrogen-bond acceptors (Lipinski definition) is 7. The standard InChI is InChI=1S/C21H21N3O7/c1-13-3-4-15(10-18(13)24(28)29)22-19(25)12-31-21(27)14-9-20(26)23(11-14)16-5-7-17(30-2)8-6-16/h3-8,10,14H,9,11-12H2,1-2H3,(H,22,25)/t14-/m0/s1. The van der Waals surface area contributed by atoms with Crippen LogP contribution in [0.5, 0.6) is 5.75 Å². The Morgan fingerprint density at radius 3 is 2.58 bits per heavy atom. The van der Waals surface area contributed by atoms with Gasteiger partial charge in [0.05, 0.1) is 18.0 Å². The van der Waals surface area contributed by atoms with Crippen molar-refractivity contribution in [2.75, 3.05) is 30.5 Å². The molecular weight excluding hydrogens is 406 g/mol. The molecule has 2 aromatic rings. The van der Waals surface area contributed by atoms with E-state index in [-0.39, 0.29) is 30.2 Å². The molecule has 31 heavy (non-hydrogen) atoms. The zero-order valence-corrected chi connectivity index (χ0v) is 17.0. The number of hydrogen-bond donors (Lipinski definition) is 1. The number of aryl methyl sites for hydroxylation is 1. The van der Waals surface area contributed by atoms with Crippen LogP contribution in [0.15, 0.2) is 42.5 Å². The lowest BCUT2D eigenvalue weighted by atomic mass is 10.1. The predicted molar refractivity (Wildman–Crippen MR) is 111 cm³/mol. The van der Waals surface area contributed by atoms with Crippen LogP contribution in [0.25, 0.3) is 0 Å². The molecular formula is C21H21N3O7. The normalized spacial score (nSPS) is 15.5. The van der Waals surface area contributed by atoms with E-state index in [9.17, 15) is 24.5 Å². The number of nitrogens with one attached hydrogen (secondary N) is 1. The number of benzene rings is 2. The van der Waals surface area contributed by atoms with Crippen molar-refractivity contribution in [3.05, 3.63) is 58.1 Å². The minimum Gasteiger partial charge on any atom is -0.497 e. The first-order valence-electron chi connectivity index (χ1n) is 9.44. The topological polar surface area (TPSA) is 128 Å². The molecule has 0 bridgehead atoms. The fourth-order valence-electron chi connectivity index (χ4n) is 3.21. The number of nitro groups is 1. The molecule has 1 N–H and O–H groups in total. The summed E-state index contributed by atoms with van der Waals surface area (Å²) in [5, 5.41) is 13.4. The highest BCUT2D eigenvalue weighted by molar-refractivity contribution is 6.00. The van der Waals surface area contributed by atoms with E-state index < -0.39 is 29.3 Å². The van der Waals surface area contributed by atoms with Crippen LogP contribution in [-0.4, -0.2) is 43.0 Å². The summed E-state index contributed by atoms with van der Waals surface area (Å²) in [6.45, 7) is 1.17. The van der Waals surface area contributed by atoms with Crippen LogP contribution >= 0.6 is 0 Å². The SMILES string of the molecule is COc1ccc(N2C[C@@H](C(=O)OCC(=O)Nc3ccc(C)c([N+](=O)[O-])c3)CC2=O)cc1. The predicted octanol–water partition coefficient (Wildman–Crippen LogP) is 2.45. The smallest absolute Gasteiger partial charge is 0.311 e. The van der Waals surface area contributed by atoms with Gasteiger partial charge in [-0.05, 0) is 37.3 Å². The summed E-state index contributed by atoms with van der Waals surface area (Å²) >= 11 is 0. The third-order valence-electron chi connectivity index (χ3n) is 4.88. The van der Waals surface area contributed by atoms with E-state index in [2.05, 4.69) is 5.32 Å². The van der Waals surface area contributed by atoms with Crippen molar-refractivity contribution in [1.29, 1.82) is 0 Å². The number of amides is 2. The van der Waals surface area contributed by atoms with Gasteiger partial charge in [0, 0.05) is 36.0 Å². The van der Waals surface area contributed by atoms with Crippen molar-refractivity contribution in [3.63, 3.8) is 0 Å².